The van der Waals surface area contributed by atoms with Crippen molar-refractivity contribution in [3.8, 4) is 0 Å². The van der Waals surface area contributed by atoms with Crippen LogP contribution in [0.15, 0.2) is 6.20 Å². The van der Waals surface area contributed by atoms with Crippen LogP contribution in [-0.2, 0) is 20.0 Å². The van der Waals surface area contributed by atoms with Crippen LogP contribution in [0.1, 0.15) is 38.4 Å². The molecule has 17 heavy (non-hydrogen) atoms. The summed E-state index contributed by atoms with van der Waals surface area (Å²) in [4.78, 5) is 0. The van der Waals surface area contributed by atoms with Gasteiger partial charge in [-0.2, -0.15) is 5.10 Å². The van der Waals surface area contributed by atoms with Gasteiger partial charge in [0.05, 0.1) is 5.69 Å². The molecular formula is C13H26N4. The summed E-state index contributed by atoms with van der Waals surface area (Å²) in [6, 6.07) is 0.583. The minimum Gasteiger partial charge on any atom is -0.314 e. The average molecular weight is 238 g/mol. The fourth-order valence-corrected chi connectivity index (χ4v) is 1.86. The van der Waals surface area contributed by atoms with Gasteiger partial charge in [-0.3, -0.25) is 4.68 Å². The molecule has 98 valence electrons. The predicted octanol–water partition coefficient (Wildman–Crippen LogP) is 1.46. The molecule has 0 aliphatic carbocycles. The molecule has 0 aliphatic heterocycles. The Balaban J connectivity index is 2.17. The van der Waals surface area contributed by atoms with E-state index in [1.54, 1.807) is 0 Å². The molecule has 2 N–H and O–H groups in total. The quantitative estimate of drug-likeness (QED) is 0.674. The van der Waals surface area contributed by atoms with Gasteiger partial charge in [0.25, 0.3) is 0 Å². The number of nitrogens with zero attached hydrogens (tertiary/aromatic N) is 2. The van der Waals surface area contributed by atoms with Crippen LogP contribution in [0.5, 0.6) is 0 Å². The van der Waals surface area contributed by atoms with Gasteiger partial charge in [0.2, 0.25) is 0 Å². The normalized spacial score (nSPS) is 11.4. The molecule has 0 aromatic carbocycles. The van der Waals surface area contributed by atoms with Crippen molar-refractivity contribution in [3.63, 3.8) is 0 Å². The van der Waals surface area contributed by atoms with Crippen molar-refractivity contribution < 1.29 is 0 Å². The Kier molecular flexibility index (Phi) is 6.22. The maximum Gasteiger partial charge on any atom is 0.0666 e. The fourth-order valence-electron chi connectivity index (χ4n) is 1.86. The van der Waals surface area contributed by atoms with E-state index >= 15 is 0 Å². The molecule has 0 spiro atoms. The van der Waals surface area contributed by atoms with Crippen LogP contribution in [0.4, 0.5) is 0 Å². The molecule has 0 unspecified atom stereocenters. The maximum absolute atomic E-state index is 4.43. The minimum atomic E-state index is 0.583. The number of hydrogen-bond acceptors (Lipinski definition) is 3. The number of nitrogens with one attached hydrogen (secondary N) is 2. The number of aryl methyl sites for hydroxylation is 2. The molecule has 1 aromatic rings. The highest BCUT2D eigenvalue weighted by molar-refractivity contribution is 5.16. The Morgan fingerprint density at radius 2 is 2.12 bits per heavy atom. The van der Waals surface area contributed by atoms with E-state index in [4.69, 9.17) is 0 Å². The molecule has 0 saturated heterocycles. The third-order valence-corrected chi connectivity index (χ3v) is 2.73. The first-order valence-corrected chi connectivity index (χ1v) is 6.59. The molecule has 0 radical (unpaired) electrons. The summed E-state index contributed by atoms with van der Waals surface area (Å²) in [5, 5.41) is 11.3. The zero-order chi connectivity index (χ0) is 12.7. The molecule has 4 nitrogen and oxygen atoms in total. The van der Waals surface area contributed by atoms with Crippen LogP contribution >= 0.6 is 0 Å². The van der Waals surface area contributed by atoms with Gasteiger partial charge in [0.1, 0.15) is 0 Å². The number of rotatable bonds is 8. The molecular weight excluding hydrogens is 212 g/mol. The first-order valence-electron chi connectivity index (χ1n) is 6.59. The second kappa shape index (κ2) is 7.45. The highest BCUT2D eigenvalue weighted by Crippen LogP contribution is 2.06. The molecule has 0 fully saturated rings. The van der Waals surface area contributed by atoms with Crippen LogP contribution in [0, 0.1) is 0 Å². The third kappa shape index (κ3) is 5.33. The zero-order valence-electron chi connectivity index (χ0n) is 11.6. The van der Waals surface area contributed by atoms with Crippen LogP contribution < -0.4 is 10.6 Å². The van der Waals surface area contributed by atoms with Crippen molar-refractivity contribution in [2.75, 3.05) is 13.1 Å². The number of aromatic nitrogens is 2. The Bertz CT molecular complexity index is 317. The molecule has 1 rings (SSSR count). The van der Waals surface area contributed by atoms with Crippen LogP contribution in [0.2, 0.25) is 0 Å². The van der Waals surface area contributed by atoms with E-state index in [2.05, 4.69) is 42.7 Å². The summed E-state index contributed by atoms with van der Waals surface area (Å²) >= 11 is 0. The van der Waals surface area contributed by atoms with Crippen molar-refractivity contribution in [1.29, 1.82) is 0 Å². The second-order valence-corrected chi connectivity index (χ2v) is 4.77. The predicted molar refractivity (Wildman–Crippen MR) is 72.0 cm³/mol. The third-order valence-electron chi connectivity index (χ3n) is 2.73. The van der Waals surface area contributed by atoms with Crippen LogP contribution in [0.3, 0.4) is 0 Å². The smallest absolute Gasteiger partial charge is 0.0666 e. The lowest BCUT2D eigenvalue weighted by molar-refractivity contribution is 0.547. The second-order valence-electron chi connectivity index (χ2n) is 4.77. The lowest BCUT2D eigenvalue weighted by Gasteiger charge is -2.08. The molecule has 0 aliphatic rings. The summed E-state index contributed by atoms with van der Waals surface area (Å²) < 4.78 is 1.90. The van der Waals surface area contributed by atoms with Gasteiger partial charge >= 0.3 is 0 Å². The van der Waals surface area contributed by atoms with Gasteiger partial charge in [-0.1, -0.05) is 20.8 Å². The van der Waals surface area contributed by atoms with E-state index < -0.39 is 0 Å². The summed E-state index contributed by atoms with van der Waals surface area (Å²) in [7, 11) is 1.98. The first kappa shape index (κ1) is 14.2. The van der Waals surface area contributed by atoms with Crippen molar-refractivity contribution in [2.24, 2.45) is 7.05 Å². The molecule has 1 heterocycles. The van der Waals surface area contributed by atoms with Gasteiger partial charge in [0.15, 0.2) is 0 Å². The van der Waals surface area contributed by atoms with Crippen molar-refractivity contribution in [2.45, 2.75) is 46.2 Å². The summed E-state index contributed by atoms with van der Waals surface area (Å²) in [6.45, 7) is 9.57. The maximum atomic E-state index is 4.43. The Morgan fingerprint density at radius 1 is 1.35 bits per heavy atom. The Labute approximate surface area is 105 Å². The van der Waals surface area contributed by atoms with Gasteiger partial charge < -0.3 is 10.6 Å². The van der Waals surface area contributed by atoms with Gasteiger partial charge in [-0.15, -0.1) is 0 Å². The molecule has 0 atom stereocenters. The van der Waals surface area contributed by atoms with Crippen molar-refractivity contribution in [3.05, 3.63) is 17.5 Å². The standard InChI is InChI=1S/C13H26N4/c1-5-13-12(10-17(4)16-13)9-14-7-6-8-15-11(2)3/h10-11,14-15H,5-9H2,1-4H3. The largest absolute Gasteiger partial charge is 0.314 e. The van der Waals surface area contributed by atoms with Crippen molar-refractivity contribution in [1.82, 2.24) is 20.4 Å². The SMILES string of the molecule is CCc1nn(C)cc1CNCCCNC(C)C. The molecule has 4 heteroatoms. The van der Waals surface area contributed by atoms with Crippen LogP contribution in [-0.4, -0.2) is 28.9 Å². The Morgan fingerprint density at radius 3 is 2.76 bits per heavy atom. The van der Waals surface area contributed by atoms with E-state index in [9.17, 15) is 0 Å². The highest BCUT2D eigenvalue weighted by atomic mass is 15.3. The van der Waals surface area contributed by atoms with E-state index in [0.29, 0.717) is 6.04 Å². The summed E-state index contributed by atoms with van der Waals surface area (Å²) in [6.07, 6.45) is 4.28. The average Bonchev–Trinajstić information content (AvgIpc) is 2.63. The van der Waals surface area contributed by atoms with Gasteiger partial charge in [-0.25, -0.2) is 0 Å². The monoisotopic (exact) mass is 238 g/mol. The summed E-state index contributed by atoms with van der Waals surface area (Å²) in [5.74, 6) is 0. The lowest BCUT2D eigenvalue weighted by atomic mass is 10.2. The Hall–Kier alpha value is -0.870. The van der Waals surface area contributed by atoms with Gasteiger partial charge in [0, 0.05) is 31.4 Å². The van der Waals surface area contributed by atoms with Crippen LogP contribution in [0.25, 0.3) is 0 Å². The first-order chi connectivity index (χ1) is 8.13. The zero-order valence-corrected chi connectivity index (χ0v) is 11.6. The number of hydrogen-bond donors (Lipinski definition) is 2. The minimum absolute atomic E-state index is 0.583. The topological polar surface area (TPSA) is 41.9 Å². The lowest BCUT2D eigenvalue weighted by Crippen LogP contribution is -2.26. The van der Waals surface area contributed by atoms with E-state index in [0.717, 1.165) is 26.1 Å². The molecule has 0 saturated carbocycles. The highest BCUT2D eigenvalue weighted by Gasteiger charge is 2.04. The molecule has 0 amide bonds. The fraction of sp³-hybridized carbons (Fsp3) is 0.769. The molecule has 0 bridgehead atoms. The van der Waals surface area contributed by atoms with E-state index in [-0.39, 0.29) is 0 Å². The summed E-state index contributed by atoms with van der Waals surface area (Å²) in [5.41, 5.74) is 2.53. The van der Waals surface area contributed by atoms with Crippen molar-refractivity contribution >= 4 is 0 Å². The van der Waals surface area contributed by atoms with Gasteiger partial charge in [-0.05, 0) is 25.9 Å². The molecule has 1 aromatic heterocycles. The van der Waals surface area contributed by atoms with E-state index in [1.165, 1.54) is 17.7 Å². The van der Waals surface area contributed by atoms with E-state index in [1.807, 2.05) is 11.7 Å².